The lowest BCUT2D eigenvalue weighted by Crippen LogP contribution is -2.54. The fourth-order valence-electron chi connectivity index (χ4n) is 1.50. The van der Waals surface area contributed by atoms with Crippen LogP contribution in [0.2, 0.25) is 0 Å². The van der Waals surface area contributed by atoms with Gasteiger partial charge in [-0.15, -0.1) is 0 Å². The molecule has 0 unspecified atom stereocenters. The zero-order valence-electron chi connectivity index (χ0n) is 10.7. The van der Waals surface area contributed by atoms with Crippen LogP contribution in [-0.2, 0) is 29.6 Å². The van der Waals surface area contributed by atoms with Crippen LogP contribution in [-0.4, -0.2) is 41.1 Å². The van der Waals surface area contributed by atoms with Gasteiger partial charge in [-0.25, -0.2) is 28.1 Å². The van der Waals surface area contributed by atoms with Crippen LogP contribution in [0.25, 0.3) is 0 Å². The van der Waals surface area contributed by atoms with Crippen LogP contribution in [0.1, 0.15) is 0 Å². The van der Waals surface area contributed by atoms with E-state index in [4.69, 9.17) is 9.47 Å². The van der Waals surface area contributed by atoms with Gasteiger partial charge in [-0.05, 0) is 0 Å². The average molecular weight is 259 g/mol. The Morgan fingerprint density at radius 2 is 1.22 bits per heavy atom. The number of nitrogens with zero attached hydrogens (tertiary/aromatic N) is 3. The highest BCUT2D eigenvalue weighted by Crippen LogP contribution is 1.77. The highest BCUT2D eigenvalue weighted by atomic mass is 16.5. The summed E-state index contributed by atoms with van der Waals surface area (Å²) in [5.74, 6) is 0. The summed E-state index contributed by atoms with van der Waals surface area (Å²) in [6, 6.07) is 0. The molecule has 18 heavy (non-hydrogen) atoms. The molecule has 1 rings (SSSR count). The highest BCUT2D eigenvalue weighted by Gasteiger charge is 2.12. The molecule has 0 N–H and O–H groups in total. The van der Waals surface area contributed by atoms with Crippen molar-refractivity contribution < 1.29 is 9.47 Å². The number of aromatic nitrogens is 3. The van der Waals surface area contributed by atoms with Crippen molar-refractivity contribution in [2.75, 3.05) is 27.4 Å². The van der Waals surface area contributed by atoms with Crippen LogP contribution in [0.4, 0.5) is 0 Å². The Hall–Kier alpha value is -1.67. The van der Waals surface area contributed by atoms with E-state index in [0.717, 1.165) is 13.7 Å². The standard InChI is InChI=1S/C10H17N3O5/c1-11-8(14)12(4-6-17-2)10(16)13(9(11)15)5-7-18-3/h4-7H2,1-3H3. The minimum Gasteiger partial charge on any atom is -0.383 e. The van der Waals surface area contributed by atoms with Crippen molar-refractivity contribution in [3.63, 3.8) is 0 Å². The number of hydrogen-bond acceptors (Lipinski definition) is 5. The lowest BCUT2D eigenvalue weighted by Gasteiger charge is -2.10. The summed E-state index contributed by atoms with van der Waals surface area (Å²) < 4.78 is 12.5. The van der Waals surface area contributed by atoms with Gasteiger partial charge in [-0.3, -0.25) is 0 Å². The molecule has 8 heteroatoms. The third-order valence-electron chi connectivity index (χ3n) is 2.54. The van der Waals surface area contributed by atoms with Gasteiger partial charge in [0.15, 0.2) is 0 Å². The van der Waals surface area contributed by atoms with Crippen molar-refractivity contribution in [2.45, 2.75) is 13.1 Å². The largest absolute Gasteiger partial charge is 0.383 e. The molecular formula is C10H17N3O5. The average Bonchev–Trinajstić information content (AvgIpc) is 2.36. The van der Waals surface area contributed by atoms with E-state index in [-0.39, 0.29) is 26.3 Å². The minimum absolute atomic E-state index is 0.106. The van der Waals surface area contributed by atoms with Crippen LogP contribution < -0.4 is 17.1 Å². The maximum absolute atomic E-state index is 12.0. The van der Waals surface area contributed by atoms with Crippen LogP contribution in [0.3, 0.4) is 0 Å². The van der Waals surface area contributed by atoms with Crippen molar-refractivity contribution in [1.82, 2.24) is 13.7 Å². The van der Waals surface area contributed by atoms with Gasteiger partial charge in [0.2, 0.25) is 0 Å². The maximum Gasteiger partial charge on any atom is 0.336 e. The van der Waals surface area contributed by atoms with Gasteiger partial charge in [0, 0.05) is 21.3 Å². The first-order valence-corrected chi connectivity index (χ1v) is 5.43. The molecule has 0 spiro atoms. The molecule has 0 fully saturated rings. The zero-order chi connectivity index (χ0) is 13.7. The Balaban J connectivity index is 3.35. The predicted molar refractivity (Wildman–Crippen MR) is 64.0 cm³/mol. The first-order valence-electron chi connectivity index (χ1n) is 5.43. The molecule has 0 saturated heterocycles. The molecule has 1 heterocycles. The van der Waals surface area contributed by atoms with Gasteiger partial charge < -0.3 is 9.47 Å². The molecule has 0 aliphatic heterocycles. The summed E-state index contributed by atoms with van der Waals surface area (Å²) in [4.78, 5) is 35.5. The summed E-state index contributed by atoms with van der Waals surface area (Å²) in [5, 5.41) is 0. The van der Waals surface area contributed by atoms with E-state index in [2.05, 4.69) is 0 Å². The summed E-state index contributed by atoms with van der Waals surface area (Å²) >= 11 is 0. The molecule has 1 aromatic heterocycles. The van der Waals surface area contributed by atoms with Gasteiger partial charge >= 0.3 is 17.1 Å². The number of hydrogen-bond donors (Lipinski definition) is 0. The third-order valence-corrected chi connectivity index (χ3v) is 2.54. The number of ether oxygens (including phenoxy) is 2. The summed E-state index contributed by atoms with van der Waals surface area (Å²) in [7, 11) is 4.27. The van der Waals surface area contributed by atoms with Gasteiger partial charge in [0.05, 0.1) is 26.3 Å². The second-order valence-corrected chi connectivity index (χ2v) is 3.70. The Labute approximate surface area is 103 Å². The molecule has 0 atom stereocenters. The Morgan fingerprint density at radius 3 is 1.56 bits per heavy atom. The first-order chi connectivity index (χ1) is 8.54. The Morgan fingerprint density at radius 1 is 0.833 bits per heavy atom. The van der Waals surface area contributed by atoms with Crippen molar-refractivity contribution in [3.05, 3.63) is 31.5 Å². The minimum atomic E-state index is -0.643. The third kappa shape index (κ3) is 2.77. The number of rotatable bonds is 6. The maximum atomic E-state index is 12.0. The summed E-state index contributed by atoms with van der Waals surface area (Å²) in [5.41, 5.74) is -1.93. The van der Waals surface area contributed by atoms with E-state index >= 15 is 0 Å². The zero-order valence-corrected chi connectivity index (χ0v) is 10.7. The van der Waals surface area contributed by atoms with E-state index in [1.807, 2.05) is 0 Å². The van der Waals surface area contributed by atoms with Gasteiger partial charge in [-0.1, -0.05) is 0 Å². The van der Waals surface area contributed by atoms with Crippen LogP contribution in [0, 0.1) is 0 Å². The first kappa shape index (κ1) is 14.4. The molecule has 0 aromatic carbocycles. The molecule has 8 nitrogen and oxygen atoms in total. The molecular weight excluding hydrogens is 242 g/mol. The van der Waals surface area contributed by atoms with Crippen molar-refractivity contribution in [2.24, 2.45) is 7.05 Å². The van der Waals surface area contributed by atoms with E-state index < -0.39 is 17.1 Å². The van der Waals surface area contributed by atoms with Crippen molar-refractivity contribution >= 4 is 0 Å². The highest BCUT2D eigenvalue weighted by molar-refractivity contribution is 4.77. The lowest BCUT2D eigenvalue weighted by molar-refractivity contribution is 0.174. The quantitative estimate of drug-likeness (QED) is 0.590. The molecule has 0 radical (unpaired) electrons. The lowest BCUT2D eigenvalue weighted by atomic mass is 10.6. The Bertz CT molecular complexity index is 522. The van der Waals surface area contributed by atoms with E-state index in [1.165, 1.54) is 21.3 Å². The van der Waals surface area contributed by atoms with Crippen LogP contribution in [0.5, 0.6) is 0 Å². The summed E-state index contributed by atoms with van der Waals surface area (Å²) in [6.45, 7) is 0.653. The molecule has 0 saturated carbocycles. The van der Waals surface area contributed by atoms with Gasteiger partial charge in [0.1, 0.15) is 0 Å². The van der Waals surface area contributed by atoms with Gasteiger partial charge in [0.25, 0.3) is 0 Å². The molecule has 0 bridgehead atoms. The Kier molecular flexibility index (Phi) is 5.05. The fraction of sp³-hybridized carbons (Fsp3) is 0.700. The normalized spacial score (nSPS) is 10.8. The van der Waals surface area contributed by atoms with Crippen molar-refractivity contribution in [1.29, 1.82) is 0 Å². The predicted octanol–water partition coefficient (Wildman–Crippen LogP) is -2.00. The second-order valence-electron chi connectivity index (χ2n) is 3.70. The smallest absolute Gasteiger partial charge is 0.336 e. The summed E-state index contributed by atoms with van der Waals surface area (Å²) in [6.07, 6.45) is 0. The fourth-order valence-corrected chi connectivity index (χ4v) is 1.50. The van der Waals surface area contributed by atoms with E-state index in [1.54, 1.807) is 0 Å². The van der Waals surface area contributed by atoms with E-state index in [0.29, 0.717) is 0 Å². The van der Waals surface area contributed by atoms with Crippen LogP contribution in [0.15, 0.2) is 14.4 Å². The van der Waals surface area contributed by atoms with Crippen molar-refractivity contribution in [3.8, 4) is 0 Å². The molecule has 102 valence electrons. The molecule has 1 aromatic rings. The molecule has 0 aliphatic rings. The topological polar surface area (TPSA) is 84.5 Å². The second kappa shape index (κ2) is 6.31. The van der Waals surface area contributed by atoms with Gasteiger partial charge in [-0.2, -0.15) is 0 Å². The molecule has 0 amide bonds. The SMILES string of the molecule is COCCn1c(=O)n(C)c(=O)n(CCOC)c1=O. The van der Waals surface area contributed by atoms with Crippen LogP contribution >= 0.6 is 0 Å². The number of methoxy groups -OCH3 is 2. The van der Waals surface area contributed by atoms with E-state index in [9.17, 15) is 14.4 Å². The molecule has 0 aliphatic carbocycles. The monoisotopic (exact) mass is 259 g/mol.